The van der Waals surface area contributed by atoms with Gasteiger partial charge in [-0.2, -0.15) is 19.0 Å². The highest BCUT2D eigenvalue weighted by Gasteiger charge is 2.67. The third-order valence-corrected chi connectivity index (χ3v) is 11.7. The highest BCUT2D eigenvalue weighted by Crippen LogP contribution is 2.68. The second-order valence-electron chi connectivity index (χ2n) is 14.8. The monoisotopic (exact) mass is 917 g/mol. The molecular weight excluding hydrogens is 891 g/mol. The topological polar surface area (TPSA) is 184 Å². The number of benzene rings is 2. The van der Waals surface area contributed by atoms with E-state index in [0.717, 1.165) is 23.0 Å². The van der Waals surface area contributed by atoms with Crippen LogP contribution in [0, 0.1) is 17.6 Å². The van der Waals surface area contributed by atoms with Crippen molar-refractivity contribution < 1.29 is 39.6 Å². The zero-order valence-corrected chi connectivity index (χ0v) is 34.0. The van der Waals surface area contributed by atoms with Crippen LogP contribution < -0.4 is 15.6 Å². The fourth-order valence-corrected chi connectivity index (χ4v) is 9.02. The van der Waals surface area contributed by atoms with Crippen molar-refractivity contribution in [3.8, 4) is 17.1 Å². The summed E-state index contributed by atoms with van der Waals surface area (Å²) in [6, 6.07) is 6.41. The Kier molecular flexibility index (Phi) is 9.82. The Hall–Kier alpha value is -6.13. The number of nitrogens with zero attached hydrogens (tertiary/aromatic N) is 9. The van der Waals surface area contributed by atoms with Gasteiger partial charge < -0.3 is 5.32 Å². The molecule has 3 atom stereocenters. The lowest BCUT2D eigenvalue weighted by Crippen LogP contribution is -2.38. The van der Waals surface area contributed by atoms with Gasteiger partial charge in [-0.3, -0.25) is 28.2 Å². The minimum Gasteiger partial charge on any atom is -0.344 e. The van der Waals surface area contributed by atoms with Gasteiger partial charge in [0.1, 0.15) is 41.1 Å². The molecule has 2 aliphatic rings. The molecule has 1 amide bonds. The Morgan fingerprint density at radius 2 is 1.74 bits per heavy atom. The lowest BCUT2D eigenvalue weighted by Gasteiger charge is -2.24. The second kappa shape index (κ2) is 14.8. The minimum absolute atomic E-state index is 0.00274. The maximum absolute atomic E-state index is 15.5. The third kappa shape index (κ3) is 7.08. The van der Waals surface area contributed by atoms with Crippen molar-refractivity contribution in [3.05, 3.63) is 115 Å². The third-order valence-electron chi connectivity index (χ3n) is 10.6. The van der Waals surface area contributed by atoms with Gasteiger partial charge in [0.05, 0.1) is 45.0 Å². The number of sulfonamides is 1. The number of fused-ring (bicyclic) bond motifs is 5. The van der Waals surface area contributed by atoms with E-state index in [0.29, 0.717) is 10.7 Å². The SMILES string of the molecule is Cn1nc(NS(C)(=O)=O)c2c(Cl)ccc(-n3c([C@H](Cc4cc(F)cc(F)c4)NC(=O)Cn4nc(C(F)F)c5c4C(F)(F)[C@@H]4C[C@H]54)nc4nc(-c5nccnc5Cl)ccc4c3=O)c21. The Bertz CT molecular complexity index is 3200. The number of rotatable bonds is 11. The molecule has 24 heteroatoms. The van der Waals surface area contributed by atoms with Crippen LogP contribution >= 0.6 is 23.2 Å². The number of hydrogen-bond acceptors (Lipinski definition) is 10. The molecule has 0 aliphatic heterocycles. The number of amides is 1. The lowest BCUT2D eigenvalue weighted by atomic mass is 10.0. The number of carbonyl (C=O) groups excluding carboxylic acids is 1. The van der Waals surface area contributed by atoms with Crippen molar-refractivity contribution in [1.82, 2.24) is 49.4 Å². The number of aromatic nitrogens is 9. The molecule has 0 spiro atoms. The number of nitrogens with one attached hydrogen (secondary N) is 2. The summed E-state index contributed by atoms with van der Waals surface area (Å²) in [6.07, 6.45) is -0.193. The molecule has 5 heterocycles. The van der Waals surface area contributed by atoms with E-state index in [1.807, 2.05) is 0 Å². The Morgan fingerprint density at radius 3 is 2.44 bits per heavy atom. The van der Waals surface area contributed by atoms with Gasteiger partial charge in [-0.05, 0) is 54.3 Å². The molecule has 2 N–H and O–H groups in total. The van der Waals surface area contributed by atoms with Gasteiger partial charge in [-0.25, -0.2) is 45.9 Å². The maximum Gasteiger partial charge on any atom is 0.293 e. The zero-order chi connectivity index (χ0) is 44.2. The Morgan fingerprint density at radius 1 is 1.02 bits per heavy atom. The molecule has 7 aromatic rings. The zero-order valence-electron chi connectivity index (χ0n) is 31.7. The first-order chi connectivity index (χ1) is 29.3. The molecule has 2 aromatic carbocycles. The molecule has 2 aliphatic carbocycles. The molecule has 0 radical (unpaired) electrons. The van der Waals surface area contributed by atoms with E-state index in [1.54, 1.807) is 0 Å². The molecule has 5 aromatic heterocycles. The standard InChI is InChI=1S/C38H27Cl2F6N11O4S/c1-55-30-24(6-4-21(39)27(30)35(53-55)54-62(2,60)61)57-36(51-34-18(37(57)59)3-5-22(50-34)28-32(40)48-8-7-47-28)23(11-15-9-16(41)12-17(42)10-15)49-25(58)14-56-31-26(29(52-56)33(43)44)19-13-20(19)38(31,45)46/h3-10,12,19-20,23,33H,11,13-14H2,1-2H3,(H,49,58)(H,53,54)/t19-,20+,23-/m0/s1. The van der Waals surface area contributed by atoms with Crippen LogP contribution in [-0.4, -0.2) is 64.6 Å². The van der Waals surface area contributed by atoms with Crippen molar-refractivity contribution in [2.24, 2.45) is 13.0 Å². The number of aryl methyl sites for hydroxylation is 1. The van der Waals surface area contributed by atoms with Gasteiger partial charge in [0.15, 0.2) is 16.6 Å². The number of hydrogen-bond donors (Lipinski definition) is 2. The summed E-state index contributed by atoms with van der Waals surface area (Å²) < 4.78 is 118. The first kappa shape index (κ1) is 41.2. The summed E-state index contributed by atoms with van der Waals surface area (Å²) in [5, 5.41) is 10.5. The van der Waals surface area contributed by atoms with Crippen molar-refractivity contribution >= 4 is 66.9 Å². The first-order valence-electron chi connectivity index (χ1n) is 18.4. The Balaban J connectivity index is 1.26. The average Bonchev–Trinajstić information content (AvgIpc) is 3.73. The van der Waals surface area contributed by atoms with Crippen LogP contribution in [-0.2, 0) is 40.8 Å². The quantitative estimate of drug-likeness (QED) is 0.135. The van der Waals surface area contributed by atoms with E-state index in [-0.39, 0.29) is 78.4 Å². The maximum atomic E-state index is 15.5. The molecule has 1 fully saturated rings. The van der Waals surface area contributed by atoms with Crippen molar-refractivity contribution in [2.45, 2.75) is 43.7 Å². The number of carbonyl (C=O) groups is 1. The highest BCUT2D eigenvalue weighted by atomic mass is 35.5. The molecule has 320 valence electrons. The van der Waals surface area contributed by atoms with Crippen molar-refractivity contribution in [2.75, 3.05) is 11.0 Å². The van der Waals surface area contributed by atoms with Crippen LogP contribution in [0.4, 0.5) is 32.2 Å². The van der Waals surface area contributed by atoms with Crippen LogP contribution in [0.25, 0.3) is 39.0 Å². The van der Waals surface area contributed by atoms with Crippen LogP contribution in [0.1, 0.15) is 53.1 Å². The van der Waals surface area contributed by atoms with Crippen LogP contribution in [0.2, 0.25) is 10.2 Å². The lowest BCUT2D eigenvalue weighted by molar-refractivity contribution is -0.123. The van der Waals surface area contributed by atoms with Gasteiger partial charge in [-0.15, -0.1) is 0 Å². The normalized spacial score (nSPS) is 17.1. The van der Waals surface area contributed by atoms with Crippen LogP contribution in [0.3, 0.4) is 0 Å². The summed E-state index contributed by atoms with van der Waals surface area (Å²) in [5.41, 5.74) is -2.90. The van der Waals surface area contributed by atoms with Crippen molar-refractivity contribution in [3.63, 3.8) is 0 Å². The van der Waals surface area contributed by atoms with Crippen molar-refractivity contribution in [1.29, 1.82) is 0 Å². The summed E-state index contributed by atoms with van der Waals surface area (Å²) in [4.78, 5) is 46.5. The predicted molar refractivity (Wildman–Crippen MR) is 212 cm³/mol. The number of pyridine rings is 1. The van der Waals surface area contributed by atoms with Gasteiger partial charge in [0, 0.05) is 43.4 Å². The van der Waals surface area contributed by atoms with Crippen LogP contribution in [0.15, 0.2) is 59.7 Å². The molecule has 15 nitrogen and oxygen atoms in total. The van der Waals surface area contributed by atoms with Crippen LogP contribution in [0.5, 0.6) is 0 Å². The second-order valence-corrected chi connectivity index (χ2v) is 17.3. The summed E-state index contributed by atoms with van der Waals surface area (Å²) >= 11 is 12.9. The molecule has 62 heavy (non-hydrogen) atoms. The minimum atomic E-state index is -3.93. The number of anilines is 1. The highest BCUT2D eigenvalue weighted by molar-refractivity contribution is 7.92. The fraction of sp³-hybridized carbons (Fsp3) is 0.263. The molecule has 0 saturated heterocycles. The summed E-state index contributed by atoms with van der Waals surface area (Å²) in [7, 11) is -2.50. The molecular formula is C38H27Cl2F6N11O4S. The Labute approximate surface area is 354 Å². The van der Waals surface area contributed by atoms with Gasteiger partial charge in [-0.1, -0.05) is 23.2 Å². The predicted octanol–water partition coefficient (Wildman–Crippen LogP) is 6.52. The summed E-state index contributed by atoms with van der Waals surface area (Å²) in [6.45, 7) is -1.02. The van der Waals surface area contributed by atoms with E-state index in [2.05, 4.69) is 35.2 Å². The van der Waals surface area contributed by atoms with E-state index in [9.17, 15) is 35.6 Å². The van der Waals surface area contributed by atoms with Gasteiger partial charge >= 0.3 is 0 Å². The van der Waals surface area contributed by atoms with E-state index < -0.39 is 87.7 Å². The van der Waals surface area contributed by atoms with E-state index in [4.69, 9.17) is 28.2 Å². The molecule has 0 unspecified atom stereocenters. The summed E-state index contributed by atoms with van der Waals surface area (Å²) in [5.74, 6) is -9.31. The van der Waals surface area contributed by atoms with Gasteiger partial charge in [0.25, 0.3) is 17.9 Å². The van der Waals surface area contributed by atoms with Gasteiger partial charge in [0.2, 0.25) is 15.9 Å². The van der Waals surface area contributed by atoms with E-state index >= 15 is 8.78 Å². The molecule has 9 rings (SSSR count). The molecule has 0 bridgehead atoms. The largest absolute Gasteiger partial charge is 0.344 e. The number of halogens is 8. The smallest absolute Gasteiger partial charge is 0.293 e. The number of alkyl halides is 4. The molecule has 1 saturated carbocycles. The fourth-order valence-electron chi connectivity index (χ4n) is 8.09. The first-order valence-corrected chi connectivity index (χ1v) is 21.0. The van der Waals surface area contributed by atoms with E-state index in [1.165, 1.54) is 48.4 Å². The average molecular weight is 919 g/mol.